The van der Waals surface area contributed by atoms with Crippen LogP contribution >= 0.6 is 0 Å². The van der Waals surface area contributed by atoms with E-state index in [-0.39, 0.29) is 11.5 Å². The third kappa shape index (κ3) is 3.34. The summed E-state index contributed by atoms with van der Waals surface area (Å²) in [6, 6.07) is 1.43. The molecular formula is C14H17N3O3. The van der Waals surface area contributed by atoms with Gasteiger partial charge in [-0.3, -0.25) is 4.79 Å². The number of nitrogens with zero attached hydrogens (tertiary/aromatic N) is 3. The zero-order chi connectivity index (χ0) is 14.5. The van der Waals surface area contributed by atoms with E-state index in [0.29, 0.717) is 12.1 Å². The Balaban J connectivity index is 1.94. The number of carbonyl (C=O) groups is 2. The summed E-state index contributed by atoms with van der Waals surface area (Å²) in [4.78, 5) is 26.4. The number of carbonyl (C=O) groups excluding carboxylic acids is 1. The monoisotopic (exact) mass is 275 g/mol. The second kappa shape index (κ2) is 6.18. The Bertz CT molecular complexity index is 599. The maximum atomic E-state index is 11.3. The Morgan fingerprint density at radius 3 is 2.65 bits per heavy atom. The minimum absolute atomic E-state index is 0.121. The van der Waals surface area contributed by atoms with Gasteiger partial charge in [0.25, 0.3) is 0 Å². The van der Waals surface area contributed by atoms with Crippen molar-refractivity contribution >= 4 is 11.8 Å². The van der Waals surface area contributed by atoms with E-state index in [1.807, 2.05) is 10.8 Å². The molecule has 0 unspecified atom stereocenters. The number of carboxylic acids is 1. The molecule has 0 radical (unpaired) electrons. The van der Waals surface area contributed by atoms with Crippen LogP contribution in [-0.4, -0.2) is 31.0 Å². The van der Waals surface area contributed by atoms with E-state index in [1.165, 1.54) is 13.0 Å². The van der Waals surface area contributed by atoms with Crippen LogP contribution in [0.3, 0.4) is 0 Å². The molecule has 6 heteroatoms. The number of aromatic nitrogens is 3. The van der Waals surface area contributed by atoms with Crippen LogP contribution in [0.25, 0.3) is 0 Å². The number of aromatic carboxylic acids is 1. The molecule has 0 bridgehead atoms. The molecule has 2 aromatic rings. The van der Waals surface area contributed by atoms with Gasteiger partial charge in [0.15, 0.2) is 5.78 Å². The molecule has 1 N–H and O–H groups in total. The quantitative estimate of drug-likeness (QED) is 0.620. The Kier molecular flexibility index (Phi) is 4.34. The van der Waals surface area contributed by atoms with Crippen LogP contribution in [0.4, 0.5) is 0 Å². The van der Waals surface area contributed by atoms with Crippen LogP contribution in [0, 0.1) is 0 Å². The highest BCUT2D eigenvalue weighted by molar-refractivity contribution is 5.97. The zero-order valence-electron chi connectivity index (χ0n) is 11.3. The van der Waals surface area contributed by atoms with Gasteiger partial charge in [-0.1, -0.05) is 0 Å². The number of carboxylic acid groups (broad SMARTS) is 1. The van der Waals surface area contributed by atoms with Gasteiger partial charge in [0.05, 0.1) is 6.33 Å². The van der Waals surface area contributed by atoms with Crippen LogP contribution in [0.2, 0.25) is 0 Å². The van der Waals surface area contributed by atoms with Crippen LogP contribution < -0.4 is 0 Å². The maximum Gasteiger partial charge on any atom is 0.352 e. The number of imidazole rings is 1. The molecule has 0 atom stereocenters. The Labute approximate surface area is 116 Å². The van der Waals surface area contributed by atoms with Gasteiger partial charge in [0.1, 0.15) is 5.69 Å². The summed E-state index contributed by atoms with van der Waals surface area (Å²) in [5.74, 6) is -1.13. The first-order valence-electron chi connectivity index (χ1n) is 6.48. The Morgan fingerprint density at radius 2 is 2.05 bits per heavy atom. The average Bonchev–Trinajstić information content (AvgIpc) is 3.04. The van der Waals surface area contributed by atoms with Crippen molar-refractivity contribution in [3.05, 3.63) is 42.2 Å². The first kappa shape index (κ1) is 14.0. The second-order valence-corrected chi connectivity index (χ2v) is 4.68. The number of aryl methyl sites for hydroxylation is 2. The predicted octanol–water partition coefficient (Wildman–Crippen LogP) is 2.07. The van der Waals surface area contributed by atoms with Gasteiger partial charge in [-0.15, -0.1) is 0 Å². The highest BCUT2D eigenvalue weighted by Crippen LogP contribution is 2.11. The fourth-order valence-corrected chi connectivity index (χ4v) is 2.06. The molecule has 2 rings (SSSR count). The molecule has 0 aromatic carbocycles. The van der Waals surface area contributed by atoms with Gasteiger partial charge >= 0.3 is 5.97 Å². The topological polar surface area (TPSA) is 77.1 Å². The average molecular weight is 275 g/mol. The fraction of sp³-hybridized carbons (Fsp3) is 0.357. The molecule has 6 nitrogen and oxygen atoms in total. The lowest BCUT2D eigenvalue weighted by Crippen LogP contribution is -2.08. The van der Waals surface area contributed by atoms with E-state index in [4.69, 9.17) is 5.11 Å². The van der Waals surface area contributed by atoms with Gasteiger partial charge in [-0.05, 0) is 25.8 Å². The Morgan fingerprint density at radius 1 is 1.30 bits per heavy atom. The molecule has 0 saturated heterocycles. The van der Waals surface area contributed by atoms with E-state index < -0.39 is 5.97 Å². The first-order valence-corrected chi connectivity index (χ1v) is 6.48. The van der Waals surface area contributed by atoms with E-state index >= 15 is 0 Å². The van der Waals surface area contributed by atoms with Gasteiger partial charge in [-0.25, -0.2) is 9.78 Å². The molecule has 0 saturated carbocycles. The van der Waals surface area contributed by atoms with Crippen molar-refractivity contribution in [2.24, 2.45) is 0 Å². The first-order chi connectivity index (χ1) is 9.58. The molecular weight excluding hydrogens is 258 g/mol. The highest BCUT2D eigenvalue weighted by atomic mass is 16.4. The lowest BCUT2D eigenvalue weighted by molar-refractivity contribution is 0.0684. The highest BCUT2D eigenvalue weighted by Gasteiger charge is 2.14. The molecule has 0 aliphatic carbocycles. The van der Waals surface area contributed by atoms with E-state index in [0.717, 1.165) is 19.4 Å². The van der Waals surface area contributed by atoms with Crippen molar-refractivity contribution in [2.45, 2.75) is 32.9 Å². The van der Waals surface area contributed by atoms with E-state index in [1.54, 1.807) is 23.3 Å². The number of ketones is 1. The summed E-state index contributed by atoms with van der Waals surface area (Å²) in [5, 5.41) is 9.12. The summed E-state index contributed by atoms with van der Waals surface area (Å²) >= 11 is 0. The molecule has 0 spiro atoms. The normalized spacial score (nSPS) is 10.7. The van der Waals surface area contributed by atoms with Crippen LogP contribution in [-0.2, 0) is 13.1 Å². The third-order valence-electron chi connectivity index (χ3n) is 3.15. The molecule has 0 aliphatic heterocycles. The number of unbranched alkanes of at least 4 members (excludes halogenated alkanes) is 1. The van der Waals surface area contributed by atoms with Gasteiger partial charge in [-0.2, -0.15) is 0 Å². The minimum Gasteiger partial charge on any atom is -0.477 e. The largest absolute Gasteiger partial charge is 0.477 e. The molecule has 106 valence electrons. The van der Waals surface area contributed by atoms with Crippen molar-refractivity contribution in [2.75, 3.05) is 0 Å². The summed E-state index contributed by atoms with van der Waals surface area (Å²) in [6.07, 6.45) is 8.75. The van der Waals surface area contributed by atoms with Gasteiger partial charge in [0, 0.05) is 37.2 Å². The van der Waals surface area contributed by atoms with Crippen molar-refractivity contribution in [3.63, 3.8) is 0 Å². The summed E-state index contributed by atoms with van der Waals surface area (Å²) in [6.45, 7) is 2.87. The molecule has 0 fully saturated rings. The lowest BCUT2D eigenvalue weighted by atomic mass is 10.2. The maximum absolute atomic E-state index is 11.3. The Hall–Kier alpha value is -2.37. The lowest BCUT2D eigenvalue weighted by Gasteiger charge is -2.06. The molecule has 0 amide bonds. The van der Waals surface area contributed by atoms with Crippen molar-refractivity contribution in [3.8, 4) is 0 Å². The smallest absolute Gasteiger partial charge is 0.352 e. The summed E-state index contributed by atoms with van der Waals surface area (Å²) < 4.78 is 3.61. The number of Topliss-reactive ketones (excluding diaryl/α,β-unsaturated/α-hetero) is 1. The molecule has 0 aliphatic rings. The third-order valence-corrected chi connectivity index (χ3v) is 3.15. The van der Waals surface area contributed by atoms with Crippen LogP contribution in [0.1, 0.15) is 40.6 Å². The second-order valence-electron chi connectivity index (χ2n) is 4.68. The number of hydrogen-bond acceptors (Lipinski definition) is 3. The predicted molar refractivity (Wildman–Crippen MR) is 72.9 cm³/mol. The minimum atomic E-state index is -1.01. The van der Waals surface area contributed by atoms with Crippen molar-refractivity contribution < 1.29 is 14.7 Å². The zero-order valence-corrected chi connectivity index (χ0v) is 11.3. The van der Waals surface area contributed by atoms with Crippen LogP contribution in [0.5, 0.6) is 0 Å². The number of hydrogen-bond donors (Lipinski definition) is 1. The standard InChI is InChI=1S/C14H17N3O3/c1-11(18)12-8-13(14(19)20)17(9-12)6-3-2-5-16-7-4-15-10-16/h4,7-10H,2-3,5-6H2,1H3,(H,19,20). The van der Waals surface area contributed by atoms with Crippen molar-refractivity contribution in [1.82, 2.24) is 14.1 Å². The van der Waals surface area contributed by atoms with Crippen molar-refractivity contribution in [1.29, 1.82) is 0 Å². The SMILES string of the molecule is CC(=O)c1cc(C(=O)O)n(CCCCn2ccnc2)c1. The van der Waals surface area contributed by atoms with Gasteiger partial charge < -0.3 is 14.2 Å². The summed E-state index contributed by atoms with van der Waals surface area (Å²) in [5.41, 5.74) is 0.606. The number of rotatable bonds is 7. The molecule has 20 heavy (non-hydrogen) atoms. The van der Waals surface area contributed by atoms with E-state index in [2.05, 4.69) is 4.98 Å². The molecule has 2 aromatic heterocycles. The molecule has 2 heterocycles. The summed E-state index contributed by atoms with van der Waals surface area (Å²) in [7, 11) is 0. The fourth-order valence-electron chi connectivity index (χ4n) is 2.06. The van der Waals surface area contributed by atoms with Gasteiger partial charge in [0.2, 0.25) is 0 Å². The van der Waals surface area contributed by atoms with E-state index in [9.17, 15) is 9.59 Å². The van der Waals surface area contributed by atoms with Crippen LogP contribution in [0.15, 0.2) is 31.0 Å².